The van der Waals surface area contributed by atoms with E-state index in [1.165, 1.54) is 6.07 Å². The molecule has 0 aliphatic carbocycles. The van der Waals surface area contributed by atoms with E-state index >= 15 is 0 Å². The average Bonchev–Trinajstić information content (AvgIpc) is 3.01. The normalized spacial score (nSPS) is 23.4. The van der Waals surface area contributed by atoms with Gasteiger partial charge in [-0.25, -0.2) is 8.78 Å². The van der Waals surface area contributed by atoms with Gasteiger partial charge in [-0.2, -0.15) is 0 Å². The molecule has 0 unspecified atom stereocenters. The minimum atomic E-state index is -1.35. The van der Waals surface area contributed by atoms with E-state index in [1.807, 2.05) is 29.2 Å². The van der Waals surface area contributed by atoms with E-state index in [4.69, 9.17) is 14.2 Å². The molecule has 186 valence electrons. The van der Waals surface area contributed by atoms with Crippen molar-refractivity contribution in [2.75, 3.05) is 64.6 Å². The number of nitrogens with zero attached hydrogens (tertiary/aromatic N) is 2. The van der Waals surface area contributed by atoms with Gasteiger partial charge in [0.05, 0.1) is 25.9 Å². The Morgan fingerprint density at radius 1 is 0.971 bits per heavy atom. The Labute approximate surface area is 198 Å². The lowest BCUT2D eigenvalue weighted by Crippen LogP contribution is -2.55. The summed E-state index contributed by atoms with van der Waals surface area (Å²) in [5.41, 5.74) is -1.17. The Balaban J connectivity index is 1.33. The third-order valence-electron chi connectivity index (χ3n) is 6.47. The predicted octanol–water partition coefficient (Wildman–Crippen LogP) is 2.45. The molecule has 2 saturated heterocycles. The van der Waals surface area contributed by atoms with Crippen LogP contribution < -0.4 is 14.4 Å². The molecule has 0 spiro atoms. The van der Waals surface area contributed by atoms with Gasteiger partial charge >= 0.3 is 0 Å². The molecule has 0 aromatic heterocycles. The van der Waals surface area contributed by atoms with E-state index in [0.717, 1.165) is 23.6 Å². The topological polar surface area (TPSA) is 74.6 Å². The Hall–Kier alpha value is -2.46. The number of β-amino-alcohol motifs (C(OH)–C–C–N with tert-alkyl or cyclic N) is 2. The molecule has 2 aromatic carbocycles. The summed E-state index contributed by atoms with van der Waals surface area (Å²) >= 11 is 0. The second kappa shape index (κ2) is 10.4. The number of aliphatic hydroxyl groups is 2. The number of rotatable bonds is 7. The van der Waals surface area contributed by atoms with Gasteiger partial charge in [-0.05, 0) is 37.1 Å². The van der Waals surface area contributed by atoms with E-state index in [9.17, 15) is 19.0 Å². The van der Waals surface area contributed by atoms with Crippen molar-refractivity contribution >= 4 is 5.69 Å². The minimum absolute atomic E-state index is 0.0508. The van der Waals surface area contributed by atoms with Crippen molar-refractivity contribution in [2.45, 2.75) is 24.0 Å². The maximum absolute atomic E-state index is 13.5. The van der Waals surface area contributed by atoms with Crippen molar-refractivity contribution in [1.82, 2.24) is 4.90 Å². The van der Waals surface area contributed by atoms with E-state index in [2.05, 4.69) is 4.90 Å². The number of methoxy groups -OCH3 is 1. The van der Waals surface area contributed by atoms with Crippen molar-refractivity contribution < 1.29 is 33.2 Å². The first-order valence-electron chi connectivity index (χ1n) is 11.5. The quantitative estimate of drug-likeness (QED) is 0.633. The van der Waals surface area contributed by atoms with Gasteiger partial charge in [0.2, 0.25) is 0 Å². The highest BCUT2D eigenvalue weighted by molar-refractivity contribution is 5.51. The molecule has 2 fully saturated rings. The Kier molecular flexibility index (Phi) is 7.57. The van der Waals surface area contributed by atoms with Gasteiger partial charge in [-0.1, -0.05) is 6.07 Å². The van der Waals surface area contributed by atoms with Gasteiger partial charge in [-0.3, -0.25) is 4.90 Å². The highest BCUT2D eigenvalue weighted by Crippen LogP contribution is 2.30. The number of hydrogen-bond acceptors (Lipinski definition) is 7. The lowest BCUT2D eigenvalue weighted by Gasteiger charge is -2.42. The lowest BCUT2D eigenvalue weighted by atomic mass is 9.90. The fourth-order valence-corrected chi connectivity index (χ4v) is 4.57. The molecule has 9 heteroatoms. The minimum Gasteiger partial charge on any atom is -0.497 e. The summed E-state index contributed by atoms with van der Waals surface area (Å²) in [6.07, 6.45) is 1.18. The summed E-state index contributed by atoms with van der Waals surface area (Å²) in [7, 11) is 1.64. The second-order valence-electron chi connectivity index (χ2n) is 9.27. The maximum atomic E-state index is 13.5. The summed E-state index contributed by atoms with van der Waals surface area (Å²) in [5.74, 6) is -1.04. The fraction of sp³-hybridized carbons (Fsp3) is 0.520. The zero-order valence-corrected chi connectivity index (χ0v) is 19.4. The molecule has 0 saturated carbocycles. The molecule has 1 atom stereocenters. The van der Waals surface area contributed by atoms with Crippen molar-refractivity contribution in [1.29, 1.82) is 0 Å². The summed E-state index contributed by atoms with van der Waals surface area (Å²) < 4.78 is 43.0. The molecule has 0 amide bonds. The number of hydrogen-bond donors (Lipinski definition) is 2. The first-order valence-corrected chi connectivity index (χ1v) is 11.5. The summed E-state index contributed by atoms with van der Waals surface area (Å²) in [5, 5.41) is 22.4. The van der Waals surface area contributed by atoms with Crippen molar-refractivity contribution in [2.24, 2.45) is 0 Å². The molecule has 7 nitrogen and oxygen atoms in total. The number of ether oxygens (including phenoxy) is 3. The monoisotopic (exact) mass is 478 g/mol. The largest absolute Gasteiger partial charge is 0.497 e. The molecule has 4 rings (SSSR count). The molecule has 2 aliphatic heterocycles. The molecule has 2 aliphatic rings. The third-order valence-corrected chi connectivity index (χ3v) is 6.47. The first kappa shape index (κ1) is 24.7. The van der Waals surface area contributed by atoms with Crippen molar-refractivity contribution in [3.8, 4) is 11.5 Å². The fourth-order valence-electron chi connectivity index (χ4n) is 4.57. The molecule has 2 N–H and O–H groups in total. The number of piperidine rings is 1. The van der Waals surface area contributed by atoms with Gasteiger partial charge in [-0.15, -0.1) is 0 Å². The molecule has 34 heavy (non-hydrogen) atoms. The van der Waals surface area contributed by atoms with Crippen LogP contribution in [0.25, 0.3) is 0 Å². The molecule has 0 radical (unpaired) electrons. The first-order chi connectivity index (χ1) is 16.3. The molecular formula is C25H32F2N2O5. The summed E-state index contributed by atoms with van der Waals surface area (Å²) in [6, 6.07) is 11.1. The van der Waals surface area contributed by atoms with Gasteiger partial charge < -0.3 is 29.3 Å². The smallest absolute Gasteiger partial charge is 0.162 e. The van der Waals surface area contributed by atoms with Crippen LogP contribution in [0.3, 0.4) is 0 Å². The van der Waals surface area contributed by atoms with E-state index in [1.54, 1.807) is 7.11 Å². The Morgan fingerprint density at radius 2 is 1.76 bits per heavy atom. The lowest BCUT2D eigenvalue weighted by molar-refractivity contribution is -0.0743. The van der Waals surface area contributed by atoms with Crippen molar-refractivity contribution in [3.63, 3.8) is 0 Å². The van der Waals surface area contributed by atoms with Crippen LogP contribution in [0.5, 0.6) is 11.5 Å². The zero-order valence-electron chi connectivity index (χ0n) is 19.4. The van der Waals surface area contributed by atoms with Crippen LogP contribution in [-0.2, 0) is 4.74 Å². The predicted molar refractivity (Wildman–Crippen MR) is 123 cm³/mol. The van der Waals surface area contributed by atoms with E-state index < -0.39 is 22.8 Å². The Morgan fingerprint density at radius 3 is 2.50 bits per heavy atom. The summed E-state index contributed by atoms with van der Waals surface area (Å²) in [4.78, 5) is 4.22. The molecule has 2 aromatic rings. The van der Waals surface area contributed by atoms with Gasteiger partial charge in [0.1, 0.15) is 23.7 Å². The molecular weight excluding hydrogens is 446 g/mol. The second-order valence-corrected chi connectivity index (χ2v) is 9.27. The molecule has 0 bridgehead atoms. The van der Waals surface area contributed by atoms with E-state index in [0.29, 0.717) is 45.6 Å². The zero-order chi connectivity index (χ0) is 24.2. The Bertz CT molecular complexity index is 970. The van der Waals surface area contributed by atoms with Crippen LogP contribution in [0.2, 0.25) is 0 Å². The third kappa shape index (κ3) is 6.15. The van der Waals surface area contributed by atoms with Crippen LogP contribution in [0.1, 0.15) is 12.8 Å². The van der Waals surface area contributed by atoms with Crippen LogP contribution in [0, 0.1) is 11.6 Å². The van der Waals surface area contributed by atoms with Crippen LogP contribution in [0.4, 0.5) is 14.5 Å². The van der Waals surface area contributed by atoms with Gasteiger partial charge in [0.25, 0.3) is 0 Å². The highest BCUT2D eigenvalue weighted by Gasteiger charge is 2.39. The van der Waals surface area contributed by atoms with Crippen LogP contribution >= 0.6 is 0 Å². The van der Waals surface area contributed by atoms with Crippen LogP contribution in [0.15, 0.2) is 42.5 Å². The standard InChI is InChI=1S/C25H32F2N2O5/c1-32-20-4-2-3-19(13-20)29-9-7-24(30,8-10-29)15-28-11-12-33-17-25(31,16-28)18-34-21-5-6-22(26)23(27)14-21/h2-6,13-14,30-31H,7-12,15-18H2,1H3/t25-/m1/s1. The number of halogens is 2. The maximum Gasteiger partial charge on any atom is 0.162 e. The number of benzene rings is 2. The highest BCUT2D eigenvalue weighted by atomic mass is 19.2. The van der Waals surface area contributed by atoms with Crippen molar-refractivity contribution in [3.05, 3.63) is 54.1 Å². The van der Waals surface area contributed by atoms with Gasteiger partial charge in [0.15, 0.2) is 11.6 Å². The summed E-state index contributed by atoms with van der Waals surface area (Å²) in [6.45, 7) is 2.93. The molecule has 2 heterocycles. The van der Waals surface area contributed by atoms with E-state index in [-0.39, 0.29) is 25.5 Å². The average molecular weight is 479 g/mol. The SMILES string of the molecule is COc1cccc(N2CCC(O)(CN3CCOC[C@@](O)(COc4ccc(F)c(F)c4)C3)CC2)c1. The number of anilines is 1. The van der Waals surface area contributed by atoms with Crippen LogP contribution in [-0.4, -0.2) is 86.0 Å². The van der Waals surface area contributed by atoms with Gasteiger partial charge in [0, 0.05) is 50.5 Å².